The molecule has 0 radical (unpaired) electrons. The maximum absolute atomic E-state index is 10.3. The van der Waals surface area contributed by atoms with Crippen LogP contribution in [-0.4, -0.2) is 23.5 Å². The molecule has 2 amide bonds. The van der Waals surface area contributed by atoms with E-state index in [2.05, 4.69) is 0 Å². The normalized spacial score (nSPS) is 24.1. The van der Waals surface area contributed by atoms with Crippen LogP contribution < -0.4 is 5.73 Å². The lowest BCUT2D eigenvalue weighted by atomic mass is 10.1. The van der Waals surface area contributed by atoms with Crippen LogP contribution in [-0.2, 0) is 0 Å². The fraction of sp³-hybridized carbons (Fsp3) is 0.800. The molecule has 1 saturated heterocycles. The summed E-state index contributed by atoms with van der Waals surface area (Å²) in [5.41, 5.74) is 4.98. The highest BCUT2D eigenvalue weighted by Gasteiger charge is 2.25. The number of nitrogens with two attached hydrogens (primary N) is 1. The first-order valence-corrected chi connectivity index (χ1v) is 2.78. The fourth-order valence-electron chi connectivity index (χ4n) is 0.844. The number of likely N-dealkylation sites (tertiary alicyclic amines) is 1. The number of nitrogens with zero attached hydrogens (tertiary/aromatic N) is 1. The molecule has 2 N–H and O–H groups in total. The molecule has 0 aromatic carbocycles. The van der Waals surface area contributed by atoms with Crippen LogP contribution in [0.15, 0.2) is 0 Å². The van der Waals surface area contributed by atoms with Gasteiger partial charge in [0.05, 0.1) is 0 Å². The molecular formula is C5H11ClN2O. The van der Waals surface area contributed by atoms with E-state index >= 15 is 0 Å². The zero-order valence-electron chi connectivity index (χ0n) is 5.33. The fourth-order valence-corrected chi connectivity index (χ4v) is 0.844. The van der Waals surface area contributed by atoms with Gasteiger partial charge in [-0.3, -0.25) is 0 Å². The van der Waals surface area contributed by atoms with Crippen molar-refractivity contribution in [2.45, 2.75) is 19.4 Å². The molecule has 0 aromatic heterocycles. The number of hydrogen-bond donors (Lipinski definition) is 1. The first-order chi connectivity index (χ1) is 3.72. The SMILES string of the molecule is CC1CCN1C(N)=O.Cl. The van der Waals surface area contributed by atoms with E-state index in [0.717, 1.165) is 13.0 Å². The summed E-state index contributed by atoms with van der Waals surface area (Å²) in [6, 6.07) is 0.0938. The zero-order chi connectivity index (χ0) is 6.15. The average Bonchev–Trinajstić information content (AvgIpc) is 1.61. The summed E-state index contributed by atoms with van der Waals surface area (Å²) in [6.45, 7) is 2.84. The summed E-state index contributed by atoms with van der Waals surface area (Å²) >= 11 is 0. The molecule has 54 valence electrons. The van der Waals surface area contributed by atoms with Gasteiger partial charge in [-0.15, -0.1) is 12.4 Å². The van der Waals surface area contributed by atoms with E-state index in [9.17, 15) is 4.79 Å². The second kappa shape index (κ2) is 2.92. The van der Waals surface area contributed by atoms with Gasteiger partial charge in [0.2, 0.25) is 0 Å². The molecule has 0 bridgehead atoms. The Hall–Kier alpha value is -0.440. The lowest BCUT2D eigenvalue weighted by molar-refractivity contribution is 0.133. The van der Waals surface area contributed by atoms with Crippen LogP contribution in [0.3, 0.4) is 0 Å². The summed E-state index contributed by atoms with van der Waals surface area (Å²) < 4.78 is 0. The maximum Gasteiger partial charge on any atom is 0.315 e. The zero-order valence-corrected chi connectivity index (χ0v) is 6.15. The first-order valence-electron chi connectivity index (χ1n) is 2.78. The van der Waals surface area contributed by atoms with Crippen molar-refractivity contribution >= 4 is 18.4 Å². The minimum Gasteiger partial charge on any atom is -0.351 e. The lowest BCUT2D eigenvalue weighted by Crippen LogP contribution is -2.51. The van der Waals surface area contributed by atoms with Crippen molar-refractivity contribution < 1.29 is 4.79 Å². The van der Waals surface area contributed by atoms with Gasteiger partial charge in [0.25, 0.3) is 0 Å². The Kier molecular flexibility index (Phi) is 2.77. The molecule has 0 aromatic rings. The number of urea groups is 1. The van der Waals surface area contributed by atoms with E-state index in [-0.39, 0.29) is 18.4 Å². The maximum atomic E-state index is 10.3. The Morgan fingerprint density at radius 1 is 1.78 bits per heavy atom. The third-order valence-electron chi connectivity index (χ3n) is 1.60. The van der Waals surface area contributed by atoms with Crippen LogP contribution in [0.4, 0.5) is 4.79 Å². The second-order valence-electron chi connectivity index (χ2n) is 2.17. The van der Waals surface area contributed by atoms with E-state index in [1.165, 1.54) is 0 Å². The van der Waals surface area contributed by atoms with Gasteiger partial charge in [-0.05, 0) is 13.3 Å². The van der Waals surface area contributed by atoms with Crippen molar-refractivity contribution in [2.75, 3.05) is 6.54 Å². The van der Waals surface area contributed by atoms with Gasteiger partial charge in [0.15, 0.2) is 0 Å². The molecule has 1 fully saturated rings. The van der Waals surface area contributed by atoms with E-state index in [1.807, 2.05) is 6.92 Å². The molecule has 1 atom stereocenters. The molecule has 1 unspecified atom stereocenters. The number of carbonyl (C=O) groups is 1. The van der Waals surface area contributed by atoms with Crippen LogP contribution >= 0.6 is 12.4 Å². The van der Waals surface area contributed by atoms with Crippen LogP contribution in [0.25, 0.3) is 0 Å². The highest BCUT2D eigenvalue weighted by atomic mass is 35.5. The smallest absolute Gasteiger partial charge is 0.315 e. The molecule has 4 heteroatoms. The molecule has 1 rings (SSSR count). The van der Waals surface area contributed by atoms with Crippen molar-refractivity contribution in [3.8, 4) is 0 Å². The summed E-state index contributed by atoms with van der Waals surface area (Å²) in [6.07, 6.45) is 1.10. The van der Waals surface area contributed by atoms with E-state index in [0.29, 0.717) is 6.04 Å². The molecule has 1 aliphatic rings. The molecular weight excluding hydrogens is 140 g/mol. The average molecular weight is 151 g/mol. The van der Waals surface area contributed by atoms with Gasteiger partial charge in [-0.25, -0.2) is 4.79 Å². The summed E-state index contributed by atoms with van der Waals surface area (Å²) in [5.74, 6) is 0. The first kappa shape index (κ1) is 8.56. The topological polar surface area (TPSA) is 46.3 Å². The van der Waals surface area contributed by atoms with Gasteiger partial charge in [-0.1, -0.05) is 0 Å². The molecule has 9 heavy (non-hydrogen) atoms. The summed E-state index contributed by atoms with van der Waals surface area (Å²) in [4.78, 5) is 12.0. The molecule has 1 heterocycles. The van der Waals surface area contributed by atoms with Gasteiger partial charge in [0, 0.05) is 12.6 Å². The third-order valence-corrected chi connectivity index (χ3v) is 1.60. The Morgan fingerprint density at radius 3 is 2.33 bits per heavy atom. The quantitative estimate of drug-likeness (QED) is 0.540. The van der Waals surface area contributed by atoms with E-state index in [1.54, 1.807) is 4.90 Å². The number of carbonyl (C=O) groups excluding carboxylic acids is 1. The van der Waals surface area contributed by atoms with Crippen molar-refractivity contribution in [3.05, 3.63) is 0 Å². The predicted molar refractivity (Wildman–Crippen MR) is 37.6 cm³/mol. The van der Waals surface area contributed by atoms with Crippen LogP contribution in [0, 0.1) is 0 Å². The number of rotatable bonds is 0. The van der Waals surface area contributed by atoms with Crippen LogP contribution in [0.1, 0.15) is 13.3 Å². The minimum atomic E-state index is -0.288. The van der Waals surface area contributed by atoms with Crippen molar-refractivity contribution in [2.24, 2.45) is 5.73 Å². The molecule has 1 aliphatic heterocycles. The molecule has 0 saturated carbocycles. The van der Waals surface area contributed by atoms with Crippen molar-refractivity contribution in [1.29, 1.82) is 0 Å². The summed E-state index contributed by atoms with van der Waals surface area (Å²) in [5, 5.41) is 0. The second-order valence-corrected chi connectivity index (χ2v) is 2.17. The Labute approximate surface area is 60.6 Å². The molecule has 0 aliphatic carbocycles. The van der Waals surface area contributed by atoms with Gasteiger partial charge < -0.3 is 10.6 Å². The van der Waals surface area contributed by atoms with Crippen molar-refractivity contribution in [1.82, 2.24) is 4.90 Å². The Balaban J connectivity index is 0.000000640. The minimum absolute atomic E-state index is 0. The van der Waals surface area contributed by atoms with Crippen LogP contribution in [0.5, 0.6) is 0 Å². The van der Waals surface area contributed by atoms with Gasteiger partial charge in [-0.2, -0.15) is 0 Å². The standard InChI is InChI=1S/C5H10N2O.ClH/c1-4-2-3-7(4)5(6)8;/h4H,2-3H2,1H3,(H2,6,8);1H. The number of hydrogen-bond acceptors (Lipinski definition) is 1. The number of halogens is 1. The lowest BCUT2D eigenvalue weighted by Gasteiger charge is -2.36. The monoisotopic (exact) mass is 150 g/mol. The molecule has 0 spiro atoms. The highest BCUT2D eigenvalue weighted by Crippen LogP contribution is 2.14. The highest BCUT2D eigenvalue weighted by molar-refractivity contribution is 5.85. The summed E-state index contributed by atoms with van der Waals surface area (Å²) in [7, 11) is 0. The largest absolute Gasteiger partial charge is 0.351 e. The number of amides is 2. The van der Waals surface area contributed by atoms with E-state index < -0.39 is 0 Å². The Bertz CT molecular complexity index is 118. The Morgan fingerprint density at radius 2 is 2.33 bits per heavy atom. The van der Waals surface area contributed by atoms with Gasteiger partial charge >= 0.3 is 6.03 Å². The van der Waals surface area contributed by atoms with E-state index in [4.69, 9.17) is 5.73 Å². The van der Waals surface area contributed by atoms with Crippen LogP contribution in [0.2, 0.25) is 0 Å². The van der Waals surface area contributed by atoms with Gasteiger partial charge in [0.1, 0.15) is 0 Å². The molecule has 3 nitrogen and oxygen atoms in total. The predicted octanol–water partition coefficient (Wildman–Crippen LogP) is 0.581. The third kappa shape index (κ3) is 1.48. The number of primary amides is 1. The van der Waals surface area contributed by atoms with Crippen molar-refractivity contribution in [3.63, 3.8) is 0 Å².